The van der Waals surface area contributed by atoms with Gasteiger partial charge in [-0.15, -0.1) is 0 Å². The minimum absolute atomic E-state index is 0.163. The zero-order valence-electron chi connectivity index (χ0n) is 18.5. The summed E-state index contributed by atoms with van der Waals surface area (Å²) in [6.07, 6.45) is 5.89. The van der Waals surface area contributed by atoms with E-state index in [1.807, 2.05) is 55.5 Å². The van der Waals surface area contributed by atoms with Gasteiger partial charge in [0.25, 0.3) is 5.91 Å². The van der Waals surface area contributed by atoms with Crippen molar-refractivity contribution < 1.29 is 9.53 Å². The van der Waals surface area contributed by atoms with Crippen LogP contribution in [0.3, 0.4) is 0 Å². The van der Waals surface area contributed by atoms with Crippen LogP contribution in [0.4, 0.5) is 5.82 Å². The van der Waals surface area contributed by atoms with Gasteiger partial charge in [0.05, 0.1) is 23.9 Å². The summed E-state index contributed by atoms with van der Waals surface area (Å²) in [4.78, 5) is 22.7. The molecule has 0 atom stereocenters. The molecule has 168 valence electrons. The third kappa shape index (κ3) is 4.11. The van der Waals surface area contributed by atoms with Crippen molar-refractivity contribution in [1.82, 2.24) is 20.0 Å². The maximum Gasteiger partial charge on any atom is 0.257 e. The summed E-state index contributed by atoms with van der Waals surface area (Å²) in [5.74, 6) is 0.783. The molecule has 2 aromatic carbocycles. The molecule has 4 aromatic rings. The van der Waals surface area contributed by atoms with E-state index in [4.69, 9.17) is 20.4 Å². The number of nitrogens with two attached hydrogens (primary N) is 1. The largest absolute Gasteiger partial charge is 0.494 e. The Bertz CT molecular complexity index is 1340. The van der Waals surface area contributed by atoms with Crippen LogP contribution in [0.15, 0.2) is 53.6 Å². The molecule has 8 nitrogen and oxygen atoms in total. The van der Waals surface area contributed by atoms with Gasteiger partial charge >= 0.3 is 0 Å². The summed E-state index contributed by atoms with van der Waals surface area (Å²) >= 11 is 0. The molecule has 33 heavy (non-hydrogen) atoms. The number of rotatable bonds is 6. The first kappa shape index (κ1) is 20.9. The molecule has 0 bridgehead atoms. The van der Waals surface area contributed by atoms with Gasteiger partial charge in [0.2, 0.25) is 0 Å². The molecule has 1 aliphatic carbocycles. The lowest BCUT2D eigenvalue weighted by molar-refractivity contribution is 0.0940. The molecule has 0 spiro atoms. The molecule has 0 aliphatic heterocycles. The molecular weight excluding hydrogens is 416 g/mol. The van der Waals surface area contributed by atoms with Gasteiger partial charge in [0, 0.05) is 6.04 Å². The van der Waals surface area contributed by atoms with Crippen molar-refractivity contribution in [3.05, 3.63) is 59.7 Å². The highest BCUT2D eigenvalue weighted by molar-refractivity contribution is 6.10. The Morgan fingerprint density at radius 3 is 2.55 bits per heavy atom. The minimum atomic E-state index is -0.232. The van der Waals surface area contributed by atoms with Crippen molar-refractivity contribution in [3.8, 4) is 5.75 Å². The quantitative estimate of drug-likeness (QED) is 0.437. The molecule has 1 aliphatic rings. The number of anilines is 1. The van der Waals surface area contributed by atoms with Gasteiger partial charge < -0.3 is 15.8 Å². The Morgan fingerprint density at radius 2 is 1.85 bits per heavy atom. The second kappa shape index (κ2) is 8.90. The number of nitrogens with one attached hydrogen (secondary N) is 1. The smallest absolute Gasteiger partial charge is 0.257 e. The predicted octanol–water partition coefficient (Wildman–Crippen LogP) is 4.12. The van der Waals surface area contributed by atoms with E-state index in [9.17, 15) is 4.79 Å². The van der Waals surface area contributed by atoms with E-state index in [2.05, 4.69) is 10.4 Å². The number of carbonyl (C=O) groups excluding carboxylic acids is 1. The van der Waals surface area contributed by atoms with Crippen LogP contribution >= 0.6 is 0 Å². The number of amides is 1. The first-order valence-electron chi connectivity index (χ1n) is 11.3. The minimum Gasteiger partial charge on any atom is -0.494 e. The summed E-state index contributed by atoms with van der Waals surface area (Å²) in [6.45, 7) is 2.55. The van der Waals surface area contributed by atoms with E-state index >= 15 is 0 Å². The number of aromatic nitrogens is 3. The summed E-state index contributed by atoms with van der Waals surface area (Å²) in [5, 5.41) is 7.68. The molecule has 3 N–H and O–H groups in total. The highest BCUT2D eigenvalue weighted by Crippen LogP contribution is 2.28. The Hall–Kier alpha value is -3.94. The fraction of sp³-hybridized carbons (Fsp3) is 0.280. The lowest BCUT2D eigenvalue weighted by atomic mass is 10.2. The van der Waals surface area contributed by atoms with Crippen LogP contribution in [-0.2, 0) is 0 Å². The van der Waals surface area contributed by atoms with Gasteiger partial charge in [-0.2, -0.15) is 9.78 Å². The zero-order chi connectivity index (χ0) is 22.8. The standard InChI is InChI=1S/C25H26N6O2/c1-2-33-18-13-11-16(12-14-18)15-27-31-23(26)21(25(32)28-17-7-3-4-8-17)22-24(31)30-20-10-6-5-9-19(20)29-22/h5-6,9-15,17H,2-4,7-8,26H2,1H3,(H,28,32)/b27-15-. The van der Waals surface area contributed by atoms with Crippen LogP contribution in [0.25, 0.3) is 22.2 Å². The summed E-state index contributed by atoms with van der Waals surface area (Å²) in [7, 11) is 0. The molecule has 1 amide bonds. The Morgan fingerprint density at radius 1 is 1.15 bits per heavy atom. The number of hydrogen-bond acceptors (Lipinski definition) is 6. The molecule has 0 saturated heterocycles. The molecule has 0 radical (unpaired) electrons. The monoisotopic (exact) mass is 442 g/mol. The van der Waals surface area contributed by atoms with Crippen molar-refractivity contribution >= 4 is 40.1 Å². The fourth-order valence-corrected chi connectivity index (χ4v) is 4.26. The zero-order valence-corrected chi connectivity index (χ0v) is 18.5. The maximum absolute atomic E-state index is 13.2. The SMILES string of the molecule is CCOc1ccc(/C=N\n2c(N)c(C(=O)NC3CCCC3)c3nc4ccccc4nc32)cc1. The summed E-state index contributed by atoms with van der Waals surface area (Å²) in [5.41, 5.74) is 9.97. The van der Waals surface area contributed by atoms with Crippen LogP contribution in [0.5, 0.6) is 5.75 Å². The van der Waals surface area contributed by atoms with Crippen LogP contribution < -0.4 is 15.8 Å². The predicted molar refractivity (Wildman–Crippen MR) is 130 cm³/mol. The number of fused-ring (bicyclic) bond motifs is 2. The van der Waals surface area contributed by atoms with Crippen molar-refractivity contribution in [1.29, 1.82) is 0 Å². The highest BCUT2D eigenvalue weighted by Gasteiger charge is 2.26. The second-order valence-electron chi connectivity index (χ2n) is 8.16. The van der Waals surface area contributed by atoms with Crippen molar-refractivity contribution in [2.75, 3.05) is 12.3 Å². The average molecular weight is 443 g/mol. The van der Waals surface area contributed by atoms with Crippen LogP contribution in [0, 0.1) is 0 Å². The lowest BCUT2D eigenvalue weighted by Crippen LogP contribution is -2.33. The molecule has 1 fully saturated rings. The third-order valence-electron chi connectivity index (χ3n) is 5.90. The number of para-hydroxylation sites is 2. The number of nitrogens with zero attached hydrogens (tertiary/aromatic N) is 4. The van der Waals surface area contributed by atoms with E-state index < -0.39 is 0 Å². The highest BCUT2D eigenvalue weighted by atomic mass is 16.5. The molecule has 0 unspecified atom stereocenters. The van der Waals surface area contributed by atoms with Gasteiger partial charge in [-0.05, 0) is 61.7 Å². The molecule has 5 rings (SSSR count). The van der Waals surface area contributed by atoms with Gasteiger partial charge in [0.1, 0.15) is 22.6 Å². The van der Waals surface area contributed by atoms with Crippen LogP contribution in [-0.4, -0.2) is 39.4 Å². The fourth-order valence-electron chi connectivity index (χ4n) is 4.26. The van der Waals surface area contributed by atoms with E-state index in [0.29, 0.717) is 34.4 Å². The molecular formula is C25H26N6O2. The maximum atomic E-state index is 13.2. The number of nitrogen functional groups attached to an aromatic ring is 1. The lowest BCUT2D eigenvalue weighted by Gasteiger charge is -2.11. The van der Waals surface area contributed by atoms with Crippen LogP contribution in [0.1, 0.15) is 48.5 Å². The van der Waals surface area contributed by atoms with Gasteiger partial charge in [-0.1, -0.05) is 25.0 Å². The normalized spacial score (nSPS) is 14.5. The number of carbonyl (C=O) groups is 1. The van der Waals surface area contributed by atoms with Gasteiger partial charge in [-0.3, -0.25) is 4.79 Å². The number of ether oxygens (including phenoxy) is 1. The van der Waals surface area contributed by atoms with Gasteiger partial charge in [-0.25, -0.2) is 9.97 Å². The molecule has 2 aromatic heterocycles. The van der Waals surface area contributed by atoms with Gasteiger partial charge in [0.15, 0.2) is 5.65 Å². The Balaban J connectivity index is 1.58. The second-order valence-corrected chi connectivity index (χ2v) is 8.16. The summed E-state index contributed by atoms with van der Waals surface area (Å²) in [6, 6.07) is 15.3. The van der Waals surface area contributed by atoms with E-state index in [1.54, 1.807) is 6.21 Å². The van der Waals surface area contributed by atoms with Crippen molar-refractivity contribution in [3.63, 3.8) is 0 Å². The van der Waals surface area contributed by atoms with E-state index in [1.165, 1.54) is 4.68 Å². The van der Waals surface area contributed by atoms with Crippen molar-refractivity contribution in [2.45, 2.75) is 38.6 Å². The Kier molecular flexibility index (Phi) is 5.64. The molecule has 8 heteroatoms. The van der Waals surface area contributed by atoms with E-state index in [-0.39, 0.29) is 17.8 Å². The summed E-state index contributed by atoms with van der Waals surface area (Å²) < 4.78 is 6.99. The van der Waals surface area contributed by atoms with E-state index in [0.717, 1.165) is 37.0 Å². The number of benzene rings is 2. The third-order valence-corrected chi connectivity index (χ3v) is 5.90. The first-order chi connectivity index (χ1) is 16.1. The Labute approximate surface area is 191 Å². The average Bonchev–Trinajstić information content (AvgIpc) is 3.42. The molecule has 2 heterocycles. The number of hydrogen-bond donors (Lipinski definition) is 2. The van der Waals surface area contributed by atoms with Crippen LogP contribution in [0.2, 0.25) is 0 Å². The molecule has 1 saturated carbocycles. The van der Waals surface area contributed by atoms with Crippen molar-refractivity contribution in [2.24, 2.45) is 5.10 Å². The topological polar surface area (TPSA) is 107 Å². The first-order valence-corrected chi connectivity index (χ1v) is 11.3.